The molecule has 1 saturated heterocycles. The van der Waals surface area contributed by atoms with Crippen molar-refractivity contribution >= 4 is 10.0 Å². The highest BCUT2D eigenvalue weighted by molar-refractivity contribution is 7.89. The molecule has 0 spiro atoms. The number of rotatable bonds is 9. The topological polar surface area (TPSA) is 70.1 Å². The fourth-order valence-electron chi connectivity index (χ4n) is 3.40. The highest BCUT2D eigenvalue weighted by Gasteiger charge is 2.28. The zero-order valence-corrected chi connectivity index (χ0v) is 17.3. The maximum Gasteiger partial charge on any atom is 0.243 e. The molecule has 156 valence electrons. The Hall–Kier alpha value is -2.19. The largest absolute Gasteiger partial charge is 0.491 e. The summed E-state index contributed by atoms with van der Waals surface area (Å²) in [5.41, 5.74) is 1.04. The quantitative estimate of drug-likeness (QED) is 0.635. The van der Waals surface area contributed by atoms with Crippen LogP contribution in [0.2, 0.25) is 0 Å². The van der Waals surface area contributed by atoms with Crippen LogP contribution < -0.4 is 4.74 Å². The van der Waals surface area contributed by atoms with Gasteiger partial charge < -0.3 is 9.84 Å². The molecule has 6 nitrogen and oxygen atoms in total. The Bertz CT molecular complexity index is 894. The predicted molar refractivity (Wildman–Crippen MR) is 113 cm³/mol. The van der Waals surface area contributed by atoms with E-state index in [1.807, 2.05) is 30.3 Å². The van der Waals surface area contributed by atoms with Gasteiger partial charge >= 0.3 is 0 Å². The third-order valence-electron chi connectivity index (χ3n) is 4.95. The summed E-state index contributed by atoms with van der Waals surface area (Å²) in [4.78, 5) is 2.39. The number of aliphatic hydroxyl groups excluding tert-OH is 1. The molecule has 29 heavy (non-hydrogen) atoms. The van der Waals surface area contributed by atoms with E-state index in [0.29, 0.717) is 44.0 Å². The minimum Gasteiger partial charge on any atom is -0.491 e. The van der Waals surface area contributed by atoms with Gasteiger partial charge in [-0.05, 0) is 30.2 Å². The summed E-state index contributed by atoms with van der Waals surface area (Å²) >= 11 is 0. The lowest BCUT2D eigenvalue weighted by molar-refractivity contribution is 0.0566. The Morgan fingerprint density at radius 3 is 2.38 bits per heavy atom. The lowest BCUT2D eigenvalue weighted by Gasteiger charge is -2.34. The van der Waals surface area contributed by atoms with E-state index >= 15 is 0 Å². The molecule has 2 aromatic rings. The first-order valence-corrected chi connectivity index (χ1v) is 11.2. The number of piperazine rings is 1. The third-order valence-corrected chi connectivity index (χ3v) is 6.86. The van der Waals surface area contributed by atoms with Gasteiger partial charge in [-0.25, -0.2) is 8.42 Å². The molecule has 0 saturated carbocycles. The fraction of sp³-hybridized carbons (Fsp3) is 0.364. The average Bonchev–Trinajstić information content (AvgIpc) is 2.74. The molecular formula is C22H28N2O4S. The van der Waals surface area contributed by atoms with E-state index in [9.17, 15) is 13.5 Å². The summed E-state index contributed by atoms with van der Waals surface area (Å²) in [7, 11) is -3.46. The van der Waals surface area contributed by atoms with Gasteiger partial charge in [0, 0.05) is 32.7 Å². The first-order valence-electron chi connectivity index (χ1n) is 9.78. The maximum absolute atomic E-state index is 12.7. The first-order chi connectivity index (χ1) is 14.0. The number of β-amino-alcohol motifs (C(OH)–C–C–N with tert-alkyl or cyclic N) is 1. The van der Waals surface area contributed by atoms with Gasteiger partial charge in [0.25, 0.3) is 0 Å². The highest BCUT2D eigenvalue weighted by atomic mass is 32.2. The summed E-state index contributed by atoms with van der Waals surface area (Å²) in [6, 6.07) is 16.2. The van der Waals surface area contributed by atoms with E-state index in [0.717, 1.165) is 11.3 Å². The van der Waals surface area contributed by atoms with E-state index in [1.165, 1.54) is 4.31 Å². The van der Waals surface area contributed by atoms with Crippen LogP contribution in [-0.4, -0.2) is 68.2 Å². The summed E-state index contributed by atoms with van der Waals surface area (Å²) in [6.45, 7) is 6.37. The van der Waals surface area contributed by atoms with E-state index in [1.54, 1.807) is 30.3 Å². The van der Waals surface area contributed by atoms with Gasteiger partial charge in [0.15, 0.2) is 0 Å². The Kier molecular flexibility index (Phi) is 7.44. The zero-order chi connectivity index (χ0) is 20.7. The molecule has 0 unspecified atom stereocenters. The molecule has 1 atom stereocenters. The summed E-state index contributed by atoms with van der Waals surface area (Å²) < 4.78 is 32.7. The number of hydrogen-bond acceptors (Lipinski definition) is 5. The van der Waals surface area contributed by atoms with E-state index in [2.05, 4.69) is 11.5 Å². The normalized spacial score (nSPS) is 17.0. The van der Waals surface area contributed by atoms with Gasteiger partial charge in [0.2, 0.25) is 10.0 Å². The average molecular weight is 417 g/mol. The van der Waals surface area contributed by atoms with Crippen LogP contribution in [0.5, 0.6) is 5.75 Å². The minimum atomic E-state index is -3.46. The molecule has 0 bridgehead atoms. The van der Waals surface area contributed by atoms with Crippen molar-refractivity contribution in [2.24, 2.45) is 0 Å². The van der Waals surface area contributed by atoms with Crippen molar-refractivity contribution < 1.29 is 18.3 Å². The number of aliphatic hydroxyl groups is 1. The Morgan fingerprint density at radius 2 is 1.69 bits per heavy atom. The second kappa shape index (κ2) is 10.0. The van der Waals surface area contributed by atoms with Crippen LogP contribution in [-0.2, 0) is 16.4 Å². The van der Waals surface area contributed by atoms with E-state index in [-0.39, 0.29) is 6.61 Å². The SMILES string of the molecule is C=CCc1ccccc1OC[C@H](O)CN1CCN(S(=O)(=O)c2ccccc2)CC1. The standard InChI is InChI=1S/C22H28N2O4S/c1-2-8-19-9-6-7-12-22(19)28-18-20(25)17-23-13-15-24(16-14-23)29(26,27)21-10-4-3-5-11-21/h2-7,9-12,20,25H,1,8,13-18H2/t20-/m1/s1. The number of ether oxygens (including phenoxy) is 1. The number of nitrogens with zero attached hydrogens (tertiary/aromatic N) is 2. The molecule has 3 rings (SSSR count). The highest BCUT2D eigenvalue weighted by Crippen LogP contribution is 2.20. The van der Waals surface area contributed by atoms with Gasteiger partial charge in [0.05, 0.1) is 4.90 Å². The van der Waals surface area contributed by atoms with Crippen molar-refractivity contribution in [2.75, 3.05) is 39.3 Å². The Labute approximate surface area is 173 Å². The van der Waals surface area contributed by atoms with Gasteiger partial charge in [-0.1, -0.05) is 42.5 Å². The van der Waals surface area contributed by atoms with Gasteiger partial charge in [0.1, 0.15) is 18.5 Å². The number of benzene rings is 2. The number of allylic oxidation sites excluding steroid dienone is 1. The van der Waals surface area contributed by atoms with E-state index in [4.69, 9.17) is 4.74 Å². The Balaban J connectivity index is 1.48. The molecule has 1 heterocycles. The van der Waals surface area contributed by atoms with Gasteiger partial charge in [-0.15, -0.1) is 6.58 Å². The van der Waals surface area contributed by atoms with Crippen LogP contribution in [0.15, 0.2) is 72.1 Å². The number of sulfonamides is 1. The van der Waals surface area contributed by atoms with Crippen LogP contribution in [0.25, 0.3) is 0 Å². The molecule has 0 aliphatic carbocycles. The fourth-order valence-corrected chi connectivity index (χ4v) is 4.84. The third kappa shape index (κ3) is 5.67. The molecule has 0 aromatic heterocycles. The molecular weight excluding hydrogens is 388 g/mol. The van der Waals surface area contributed by atoms with Gasteiger partial charge in [-0.3, -0.25) is 4.90 Å². The van der Waals surface area contributed by atoms with Crippen molar-refractivity contribution in [3.05, 3.63) is 72.8 Å². The molecule has 2 aromatic carbocycles. The zero-order valence-electron chi connectivity index (χ0n) is 16.5. The lowest BCUT2D eigenvalue weighted by Crippen LogP contribution is -2.50. The number of para-hydroxylation sites is 1. The molecule has 1 aliphatic heterocycles. The van der Waals surface area contributed by atoms with Crippen LogP contribution in [0.3, 0.4) is 0 Å². The molecule has 0 radical (unpaired) electrons. The van der Waals surface area contributed by atoms with Crippen LogP contribution in [0.1, 0.15) is 5.56 Å². The molecule has 0 amide bonds. The molecule has 7 heteroatoms. The Morgan fingerprint density at radius 1 is 1.03 bits per heavy atom. The first kappa shape index (κ1) is 21.5. The minimum absolute atomic E-state index is 0.191. The van der Waals surface area contributed by atoms with Crippen molar-refractivity contribution in [3.8, 4) is 5.75 Å². The molecule has 1 N–H and O–H groups in total. The van der Waals surface area contributed by atoms with Crippen LogP contribution in [0, 0.1) is 0 Å². The second-order valence-electron chi connectivity index (χ2n) is 7.08. The molecule has 1 fully saturated rings. The van der Waals surface area contributed by atoms with Crippen molar-refractivity contribution in [1.29, 1.82) is 0 Å². The monoisotopic (exact) mass is 416 g/mol. The van der Waals surface area contributed by atoms with Crippen LogP contribution >= 0.6 is 0 Å². The summed E-state index contributed by atoms with van der Waals surface area (Å²) in [5.74, 6) is 0.755. The van der Waals surface area contributed by atoms with Crippen LogP contribution in [0.4, 0.5) is 0 Å². The summed E-state index contributed by atoms with van der Waals surface area (Å²) in [5, 5.41) is 10.4. The predicted octanol–water partition coefficient (Wildman–Crippen LogP) is 2.16. The number of hydrogen-bond donors (Lipinski definition) is 1. The van der Waals surface area contributed by atoms with Crippen molar-refractivity contribution in [3.63, 3.8) is 0 Å². The van der Waals surface area contributed by atoms with Gasteiger partial charge in [-0.2, -0.15) is 4.31 Å². The van der Waals surface area contributed by atoms with Crippen molar-refractivity contribution in [2.45, 2.75) is 17.4 Å². The molecule has 1 aliphatic rings. The van der Waals surface area contributed by atoms with E-state index < -0.39 is 16.1 Å². The smallest absolute Gasteiger partial charge is 0.243 e. The van der Waals surface area contributed by atoms with Crippen molar-refractivity contribution in [1.82, 2.24) is 9.21 Å². The second-order valence-corrected chi connectivity index (χ2v) is 9.02. The maximum atomic E-state index is 12.7. The lowest BCUT2D eigenvalue weighted by atomic mass is 10.1. The summed E-state index contributed by atoms with van der Waals surface area (Å²) in [6.07, 6.45) is 1.88.